The highest BCUT2D eigenvalue weighted by molar-refractivity contribution is 6.30. The van der Waals surface area contributed by atoms with Crippen molar-refractivity contribution in [1.29, 1.82) is 0 Å². The Balaban J connectivity index is 2.67. The van der Waals surface area contributed by atoms with E-state index in [2.05, 4.69) is 39.9 Å². The standard InChI is InChI=1S/C18H28ClNO/c1-13(2)10-18(5,11-14(3)4)12-20-17(21)15-6-8-16(19)9-7-15/h6-9,13-14H,10-12H2,1-5H3,(H,20,21). The van der Waals surface area contributed by atoms with E-state index < -0.39 is 0 Å². The Kier molecular flexibility index (Phi) is 6.73. The van der Waals surface area contributed by atoms with Crippen molar-refractivity contribution in [3.63, 3.8) is 0 Å². The number of rotatable bonds is 7. The lowest BCUT2D eigenvalue weighted by atomic mass is 9.76. The molecule has 2 nitrogen and oxygen atoms in total. The van der Waals surface area contributed by atoms with Crippen LogP contribution in [0.2, 0.25) is 5.02 Å². The zero-order valence-electron chi connectivity index (χ0n) is 13.9. The zero-order valence-corrected chi connectivity index (χ0v) is 14.6. The summed E-state index contributed by atoms with van der Waals surface area (Å²) in [7, 11) is 0. The largest absolute Gasteiger partial charge is 0.351 e. The van der Waals surface area contributed by atoms with Gasteiger partial charge in [0.2, 0.25) is 0 Å². The maximum absolute atomic E-state index is 12.2. The van der Waals surface area contributed by atoms with Gasteiger partial charge in [-0.25, -0.2) is 0 Å². The van der Waals surface area contributed by atoms with Crippen molar-refractivity contribution in [2.24, 2.45) is 17.3 Å². The van der Waals surface area contributed by atoms with Crippen LogP contribution in [0.3, 0.4) is 0 Å². The second kappa shape index (κ2) is 7.84. The summed E-state index contributed by atoms with van der Waals surface area (Å²) in [6.07, 6.45) is 2.23. The van der Waals surface area contributed by atoms with Gasteiger partial charge in [0, 0.05) is 17.1 Å². The quantitative estimate of drug-likeness (QED) is 0.739. The van der Waals surface area contributed by atoms with Crippen LogP contribution in [0.15, 0.2) is 24.3 Å². The van der Waals surface area contributed by atoms with Crippen LogP contribution in [0.25, 0.3) is 0 Å². The molecule has 0 radical (unpaired) electrons. The van der Waals surface area contributed by atoms with Crippen LogP contribution in [-0.2, 0) is 0 Å². The van der Waals surface area contributed by atoms with Crippen molar-refractivity contribution in [3.8, 4) is 0 Å². The van der Waals surface area contributed by atoms with Crippen LogP contribution in [0.4, 0.5) is 0 Å². The van der Waals surface area contributed by atoms with Crippen molar-refractivity contribution in [2.75, 3.05) is 6.54 Å². The lowest BCUT2D eigenvalue weighted by Gasteiger charge is -2.33. The number of carbonyl (C=O) groups excluding carboxylic acids is 1. The SMILES string of the molecule is CC(C)CC(C)(CNC(=O)c1ccc(Cl)cc1)CC(C)C. The number of carbonyl (C=O) groups is 1. The fourth-order valence-corrected chi connectivity index (χ4v) is 3.32. The maximum atomic E-state index is 12.2. The van der Waals surface area contributed by atoms with E-state index in [4.69, 9.17) is 11.6 Å². The van der Waals surface area contributed by atoms with Gasteiger partial charge in [-0.2, -0.15) is 0 Å². The average Bonchev–Trinajstić information content (AvgIpc) is 2.35. The molecule has 0 saturated carbocycles. The van der Waals surface area contributed by atoms with Gasteiger partial charge in [-0.05, 0) is 54.4 Å². The topological polar surface area (TPSA) is 29.1 Å². The number of amides is 1. The molecule has 1 N–H and O–H groups in total. The van der Waals surface area contributed by atoms with E-state index in [9.17, 15) is 4.79 Å². The molecule has 3 heteroatoms. The second-order valence-corrected chi connectivity index (χ2v) is 7.63. The molecule has 1 rings (SSSR count). The number of halogens is 1. The minimum atomic E-state index is -0.0228. The van der Waals surface area contributed by atoms with Gasteiger partial charge in [-0.15, -0.1) is 0 Å². The van der Waals surface area contributed by atoms with Crippen molar-refractivity contribution >= 4 is 17.5 Å². The summed E-state index contributed by atoms with van der Waals surface area (Å²) < 4.78 is 0. The molecule has 0 fully saturated rings. The van der Waals surface area contributed by atoms with Crippen molar-refractivity contribution in [3.05, 3.63) is 34.9 Å². The molecule has 0 aromatic heterocycles. The number of hydrogen-bond acceptors (Lipinski definition) is 1. The first-order valence-electron chi connectivity index (χ1n) is 7.75. The molecular weight excluding hydrogens is 282 g/mol. The van der Waals surface area contributed by atoms with Crippen LogP contribution in [0.1, 0.15) is 57.8 Å². The Morgan fingerprint density at radius 1 is 1.10 bits per heavy atom. The van der Waals surface area contributed by atoms with Crippen molar-refractivity contribution < 1.29 is 4.79 Å². The molecule has 0 heterocycles. The third-order valence-corrected chi connectivity index (χ3v) is 3.84. The van der Waals surface area contributed by atoms with Gasteiger partial charge in [0.1, 0.15) is 0 Å². The Bertz CT molecular complexity index is 441. The molecule has 0 spiro atoms. The smallest absolute Gasteiger partial charge is 0.251 e. The van der Waals surface area contributed by atoms with Crippen LogP contribution >= 0.6 is 11.6 Å². The highest BCUT2D eigenvalue weighted by atomic mass is 35.5. The van der Waals surface area contributed by atoms with Gasteiger partial charge < -0.3 is 5.32 Å². The normalized spacial score (nSPS) is 12.0. The summed E-state index contributed by atoms with van der Waals surface area (Å²) in [6.45, 7) is 11.9. The molecule has 21 heavy (non-hydrogen) atoms. The first kappa shape index (κ1) is 18.0. The van der Waals surface area contributed by atoms with Gasteiger partial charge in [-0.3, -0.25) is 4.79 Å². The predicted molar refractivity (Wildman–Crippen MR) is 90.8 cm³/mol. The average molecular weight is 310 g/mol. The molecule has 0 atom stereocenters. The summed E-state index contributed by atoms with van der Waals surface area (Å²) in [5.41, 5.74) is 0.806. The summed E-state index contributed by atoms with van der Waals surface area (Å²) in [5.74, 6) is 1.23. The monoisotopic (exact) mass is 309 g/mol. The maximum Gasteiger partial charge on any atom is 0.251 e. The fourth-order valence-electron chi connectivity index (χ4n) is 3.20. The molecule has 118 valence electrons. The van der Waals surface area contributed by atoms with Crippen molar-refractivity contribution in [2.45, 2.75) is 47.5 Å². The minimum absolute atomic E-state index is 0.0228. The van der Waals surface area contributed by atoms with Gasteiger partial charge in [0.25, 0.3) is 5.91 Å². The number of benzene rings is 1. The number of hydrogen-bond donors (Lipinski definition) is 1. The minimum Gasteiger partial charge on any atom is -0.351 e. The molecule has 0 aliphatic carbocycles. The Labute approximate surface area is 134 Å². The lowest BCUT2D eigenvalue weighted by molar-refractivity contribution is 0.0916. The van der Waals surface area contributed by atoms with Crippen molar-refractivity contribution in [1.82, 2.24) is 5.32 Å². The molecule has 0 saturated heterocycles. The van der Waals surface area contributed by atoms with Gasteiger partial charge in [0.15, 0.2) is 0 Å². The zero-order chi connectivity index (χ0) is 16.0. The van der Waals surface area contributed by atoms with Crippen LogP contribution in [0, 0.1) is 17.3 Å². The van der Waals surface area contributed by atoms with Gasteiger partial charge in [0.05, 0.1) is 0 Å². The lowest BCUT2D eigenvalue weighted by Crippen LogP contribution is -2.37. The Morgan fingerprint density at radius 3 is 2.00 bits per heavy atom. The summed E-state index contributed by atoms with van der Waals surface area (Å²) >= 11 is 5.85. The molecule has 1 aromatic rings. The summed E-state index contributed by atoms with van der Waals surface area (Å²) in [6, 6.07) is 7.02. The van der Waals surface area contributed by atoms with Crippen LogP contribution in [-0.4, -0.2) is 12.5 Å². The third-order valence-electron chi connectivity index (χ3n) is 3.58. The highest BCUT2D eigenvalue weighted by Crippen LogP contribution is 2.32. The Hall–Kier alpha value is -1.02. The first-order chi connectivity index (χ1) is 9.72. The molecule has 1 amide bonds. The third kappa shape index (κ3) is 6.52. The van der Waals surface area contributed by atoms with E-state index in [0.717, 1.165) is 12.8 Å². The number of nitrogens with one attached hydrogen (secondary N) is 1. The van der Waals surface area contributed by atoms with Crippen LogP contribution < -0.4 is 5.32 Å². The highest BCUT2D eigenvalue weighted by Gasteiger charge is 2.27. The molecule has 0 aliphatic heterocycles. The molecule has 0 unspecified atom stereocenters. The predicted octanol–water partition coefficient (Wildman–Crippen LogP) is 5.17. The molecular formula is C18H28ClNO. The summed E-state index contributed by atoms with van der Waals surface area (Å²) in [5, 5.41) is 3.74. The molecule has 0 aliphatic rings. The van der Waals surface area contributed by atoms with E-state index >= 15 is 0 Å². The first-order valence-corrected chi connectivity index (χ1v) is 8.13. The second-order valence-electron chi connectivity index (χ2n) is 7.20. The summed E-state index contributed by atoms with van der Waals surface area (Å²) in [4.78, 5) is 12.2. The van der Waals surface area contributed by atoms with Gasteiger partial charge >= 0.3 is 0 Å². The van der Waals surface area contributed by atoms with Gasteiger partial charge in [-0.1, -0.05) is 46.2 Å². The van der Waals surface area contributed by atoms with E-state index in [0.29, 0.717) is 29.0 Å². The molecule has 0 bridgehead atoms. The molecule has 1 aromatic carbocycles. The van der Waals surface area contributed by atoms with E-state index in [-0.39, 0.29) is 11.3 Å². The Morgan fingerprint density at radius 2 is 1.57 bits per heavy atom. The van der Waals surface area contributed by atoms with E-state index in [1.165, 1.54) is 0 Å². The van der Waals surface area contributed by atoms with Crippen LogP contribution in [0.5, 0.6) is 0 Å². The fraction of sp³-hybridized carbons (Fsp3) is 0.611. The van der Waals surface area contributed by atoms with E-state index in [1.807, 2.05) is 0 Å². The van der Waals surface area contributed by atoms with E-state index in [1.54, 1.807) is 24.3 Å².